The van der Waals surface area contributed by atoms with Crippen LogP contribution in [0.4, 0.5) is 11.4 Å². The molecule has 0 unspecified atom stereocenters. The average molecular weight is 374 g/mol. The summed E-state index contributed by atoms with van der Waals surface area (Å²) >= 11 is 1.30. The Balaban J connectivity index is 1.57. The molecule has 138 valence electrons. The van der Waals surface area contributed by atoms with E-state index in [1.54, 1.807) is 9.58 Å². The number of rotatable bonds is 7. The minimum absolute atomic E-state index is 0.126. The SMILES string of the molecule is CC(C)Cn1nnnc1SCC(=O)Nc1cccc(N2CCCC2=O)c1. The second-order valence-corrected chi connectivity index (χ2v) is 7.52. The van der Waals surface area contributed by atoms with Crippen molar-refractivity contribution in [1.82, 2.24) is 20.2 Å². The minimum atomic E-state index is -0.140. The van der Waals surface area contributed by atoms with Crippen LogP contribution >= 0.6 is 11.8 Å². The molecule has 1 fully saturated rings. The van der Waals surface area contributed by atoms with Gasteiger partial charge in [0.15, 0.2) is 0 Å². The average Bonchev–Trinajstić information content (AvgIpc) is 3.21. The summed E-state index contributed by atoms with van der Waals surface area (Å²) in [5, 5.41) is 15.1. The van der Waals surface area contributed by atoms with Gasteiger partial charge < -0.3 is 10.2 Å². The standard InChI is InChI=1S/C17H22N6O2S/c1-12(2)10-23-17(19-20-21-23)26-11-15(24)18-13-5-3-6-14(9-13)22-8-4-7-16(22)25/h3,5-6,9,12H,4,7-8,10-11H2,1-2H3,(H,18,24). The number of benzene rings is 1. The first kappa shape index (κ1) is 18.4. The minimum Gasteiger partial charge on any atom is -0.325 e. The molecule has 0 saturated carbocycles. The molecule has 0 aliphatic carbocycles. The van der Waals surface area contributed by atoms with E-state index in [0.717, 1.165) is 18.7 Å². The molecule has 2 heterocycles. The normalized spacial score (nSPS) is 14.3. The van der Waals surface area contributed by atoms with Crippen LogP contribution in [0.15, 0.2) is 29.4 Å². The first-order valence-corrected chi connectivity index (χ1v) is 9.60. The number of hydrogen-bond donors (Lipinski definition) is 1. The molecule has 0 spiro atoms. The van der Waals surface area contributed by atoms with Gasteiger partial charge in [-0.15, -0.1) is 5.10 Å². The Morgan fingerprint density at radius 3 is 2.96 bits per heavy atom. The molecule has 2 amide bonds. The number of hydrogen-bond acceptors (Lipinski definition) is 6. The molecule has 1 aliphatic heterocycles. The zero-order valence-electron chi connectivity index (χ0n) is 14.9. The fraction of sp³-hybridized carbons (Fsp3) is 0.471. The summed E-state index contributed by atoms with van der Waals surface area (Å²) in [5.41, 5.74) is 1.49. The topological polar surface area (TPSA) is 93.0 Å². The van der Waals surface area contributed by atoms with Crippen LogP contribution in [-0.4, -0.2) is 44.3 Å². The van der Waals surface area contributed by atoms with Crippen LogP contribution in [0.3, 0.4) is 0 Å². The number of nitrogens with zero attached hydrogens (tertiary/aromatic N) is 5. The number of carbonyl (C=O) groups excluding carboxylic acids is 2. The molecule has 1 N–H and O–H groups in total. The monoisotopic (exact) mass is 374 g/mol. The van der Waals surface area contributed by atoms with E-state index in [4.69, 9.17) is 0 Å². The summed E-state index contributed by atoms with van der Waals surface area (Å²) in [6.45, 7) is 5.61. The highest BCUT2D eigenvalue weighted by molar-refractivity contribution is 7.99. The number of tetrazole rings is 1. The Kier molecular flexibility index (Phi) is 5.87. The second kappa shape index (κ2) is 8.31. The molecule has 9 heteroatoms. The Bertz CT molecular complexity index is 791. The first-order chi connectivity index (χ1) is 12.5. The van der Waals surface area contributed by atoms with Crippen molar-refractivity contribution in [3.05, 3.63) is 24.3 Å². The Hall–Kier alpha value is -2.42. The lowest BCUT2D eigenvalue weighted by Crippen LogP contribution is -2.23. The zero-order chi connectivity index (χ0) is 18.5. The van der Waals surface area contributed by atoms with Gasteiger partial charge in [0.1, 0.15) is 0 Å². The largest absolute Gasteiger partial charge is 0.325 e. The van der Waals surface area contributed by atoms with Gasteiger partial charge in [0.05, 0.1) is 5.75 Å². The third-order valence-electron chi connectivity index (χ3n) is 3.88. The number of thioether (sulfide) groups is 1. The molecule has 0 radical (unpaired) electrons. The summed E-state index contributed by atoms with van der Waals surface area (Å²) in [6, 6.07) is 7.37. The van der Waals surface area contributed by atoms with Crippen molar-refractivity contribution >= 4 is 35.0 Å². The van der Waals surface area contributed by atoms with Gasteiger partial charge in [-0.25, -0.2) is 4.68 Å². The maximum absolute atomic E-state index is 12.2. The van der Waals surface area contributed by atoms with E-state index in [-0.39, 0.29) is 17.6 Å². The summed E-state index contributed by atoms with van der Waals surface area (Å²) in [5.74, 6) is 0.619. The number of anilines is 2. The lowest BCUT2D eigenvalue weighted by Gasteiger charge is -2.16. The van der Waals surface area contributed by atoms with Gasteiger partial charge in [0.2, 0.25) is 17.0 Å². The maximum Gasteiger partial charge on any atom is 0.234 e. The predicted molar refractivity (Wildman–Crippen MR) is 100 cm³/mol. The van der Waals surface area contributed by atoms with Gasteiger partial charge in [0, 0.05) is 30.9 Å². The van der Waals surface area contributed by atoms with E-state index < -0.39 is 0 Å². The molecule has 1 saturated heterocycles. The van der Waals surface area contributed by atoms with E-state index in [2.05, 4.69) is 34.7 Å². The summed E-state index contributed by atoms with van der Waals surface area (Å²) in [7, 11) is 0. The van der Waals surface area contributed by atoms with Crippen LogP contribution in [0.2, 0.25) is 0 Å². The fourth-order valence-electron chi connectivity index (χ4n) is 2.76. The van der Waals surface area contributed by atoms with E-state index >= 15 is 0 Å². The molecule has 8 nitrogen and oxygen atoms in total. The van der Waals surface area contributed by atoms with Crippen molar-refractivity contribution in [2.24, 2.45) is 5.92 Å². The maximum atomic E-state index is 12.2. The van der Waals surface area contributed by atoms with Crippen LogP contribution in [0.1, 0.15) is 26.7 Å². The zero-order valence-corrected chi connectivity index (χ0v) is 15.7. The van der Waals surface area contributed by atoms with Crippen LogP contribution in [-0.2, 0) is 16.1 Å². The smallest absolute Gasteiger partial charge is 0.234 e. The fourth-order valence-corrected chi connectivity index (χ4v) is 3.45. The van der Waals surface area contributed by atoms with Gasteiger partial charge in [0.25, 0.3) is 0 Å². The first-order valence-electron chi connectivity index (χ1n) is 8.62. The number of amides is 2. The Morgan fingerprint density at radius 2 is 2.23 bits per heavy atom. The molecule has 3 rings (SSSR count). The molecule has 26 heavy (non-hydrogen) atoms. The van der Waals surface area contributed by atoms with Crippen molar-refractivity contribution in [3.63, 3.8) is 0 Å². The third kappa shape index (κ3) is 4.60. The Labute approximate surface area is 156 Å². The highest BCUT2D eigenvalue weighted by Gasteiger charge is 2.21. The second-order valence-electron chi connectivity index (χ2n) is 6.57. The van der Waals surface area contributed by atoms with Crippen molar-refractivity contribution < 1.29 is 9.59 Å². The third-order valence-corrected chi connectivity index (χ3v) is 4.84. The number of carbonyl (C=O) groups is 2. The van der Waals surface area contributed by atoms with Gasteiger partial charge in [-0.05, 0) is 41.0 Å². The van der Waals surface area contributed by atoms with Crippen molar-refractivity contribution in [3.8, 4) is 0 Å². The van der Waals surface area contributed by atoms with Gasteiger partial charge >= 0.3 is 0 Å². The highest BCUT2D eigenvalue weighted by Crippen LogP contribution is 2.24. The van der Waals surface area contributed by atoms with Crippen LogP contribution in [0.5, 0.6) is 0 Å². The predicted octanol–water partition coefficient (Wildman–Crippen LogP) is 2.19. The van der Waals surface area contributed by atoms with Crippen molar-refractivity contribution in [2.45, 2.75) is 38.4 Å². The van der Waals surface area contributed by atoms with Crippen molar-refractivity contribution in [1.29, 1.82) is 0 Å². The lowest BCUT2D eigenvalue weighted by atomic mass is 10.2. The van der Waals surface area contributed by atoms with E-state index in [9.17, 15) is 9.59 Å². The molecule has 1 aromatic heterocycles. The molecule has 0 atom stereocenters. The molecule has 0 bridgehead atoms. The van der Waals surface area contributed by atoms with Gasteiger partial charge in [-0.2, -0.15) is 0 Å². The molecular formula is C17H22N6O2S. The van der Waals surface area contributed by atoms with Crippen LogP contribution < -0.4 is 10.2 Å². The highest BCUT2D eigenvalue weighted by atomic mass is 32.2. The number of nitrogens with one attached hydrogen (secondary N) is 1. The molecule has 1 aliphatic rings. The van der Waals surface area contributed by atoms with E-state index in [1.807, 2.05) is 24.3 Å². The van der Waals surface area contributed by atoms with E-state index in [0.29, 0.717) is 29.7 Å². The van der Waals surface area contributed by atoms with Gasteiger partial charge in [-0.3, -0.25) is 9.59 Å². The Morgan fingerprint density at radius 1 is 1.38 bits per heavy atom. The van der Waals surface area contributed by atoms with Gasteiger partial charge in [-0.1, -0.05) is 31.7 Å². The molecule has 2 aromatic rings. The summed E-state index contributed by atoms with van der Waals surface area (Å²) in [6.07, 6.45) is 1.45. The lowest BCUT2D eigenvalue weighted by molar-refractivity contribution is -0.117. The van der Waals surface area contributed by atoms with Crippen LogP contribution in [0, 0.1) is 5.92 Å². The quantitative estimate of drug-likeness (QED) is 0.747. The molecule has 1 aromatic carbocycles. The van der Waals surface area contributed by atoms with E-state index in [1.165, 1.54) is 11.8 Å². The summed E-state index contributed by atoms with van der Waals surface area (Å²) < 4.78 is 1.71. The van der Waals surface area contributed by atoms with Crippen LogP contribution in [0.25, 0.3) is 0 Å². The number of aromatic nitrogens is 4. The molecular weight excluding hydrogens is 352 g/mol. The summed E-state index contributed by atoms with van der Waals surface area (Å²) in [4.78, 5) is 25.9. The van der Waals surface area contributed by atoms with Crippen molar-refractivity contribution in [2.75, 3.05) is 22.5 Å².